The predicted octanol–water partition coefficient (Wildman–Crippen LogP) is 5.10. The molecule has 0 N–H and O–H groups in total. The third-order valence-corrected chi connectivity index (χ3v) is 6.31. The summed E-state index contributed by atoms with van der Waals surface area (Å²) in [6.07, 6.45) is 2.36. The highest BCUT2D eigenvalue weighted by atomic mass is 32.2. The van der Waals surface area contributed by atoms with Gasteiger partial charge in [0, 0.05) is 11.5 Å². The van der Waals surface area contributed by atoms with E-state index in [4.69, 9.17) is 0 Å². The molecule has 0 bridgehead atoms. The van der Waals surface area contributed by atoms with Gasteiger partial charge in [0.2, 0.25) is 0 Å². The Balaban J connectivity index is 1.53. The molecule has 2 aromatic carbocycles. The topological polar surface area (TPSA) is 47.8 Å². The number of rotatable bonds is 7. The molecule has 4 nitrogen and oxygen atoms in total. The highest BCUT2D eigenvalue weighted by molar-refractivity contribution is 7.99. The van der Waals surface area contributed by atoms with Crippen molar-refractivity contribution < 1.29 is 4.79 Å². The van der Waals surface area contributed by atoms with Crippen LogP contribution < -0.4 is 0 Å². The van der Waals surface area contributed by atoms with Crippen molar-refractivity contribution in [2.45, 2.75) is 51.2 Å². The van der Waals surface area contributed by atoms with Crippen LogP contribution in [0.2, 0.25) is 0 Å². The largest absolute Gasteiger partial charge is 0.301 e. The number of nitrogens with zero attached hydrogens (tertiary/aromatic N) is 3. The second kappa shape index (κ2) is 7.92. The molecule has 3 aromatic rings. The van der Waals surface area contributed by atoms with Crippen LogP contribution in [0.15, 0.2) is 47.6 Å². The minimum atomic E-state index is 0.146. The molecule has 0 unspecified atom stereocenters. The minimum Gasteiger partial charge on any atom is -0.301 e. The summed E-state index contributed by atoms with van der Waals surface area (Å²) < 4.78 is 2.19. The lowest BCUT2D eigenvalue weighted by Crippen LogP contribution is -2.09. The van der Waals surface area contributed by atoms with Crippen LogP contribution in [-0.4, -0.2) is 26.3 Å². The van der Waals surface area contributed by atoms with Crippen molar-refractivity contribution in [2.75, 3.05) is 5.75 Å². The molecule has 0 spiro atoms. The number of Topliss-reactive ketones (excluding diaryl/α,β-unsaturated/α-hetero) is 1. The third-order valence-electron chi connectivity index (χ3n) is 5.34. The maximum Gasteiger partial charge on any atom is 0.191 e. The first kappa shape index (κ1) is 18.9. The van der Waals surface area contributed by atoms with E-state index in [0.29, 0.717) is 11.7 Å². The van der Waals surface area contributed by atoms with Crippen LogP contribution in [-0.2, 0) is 6.54 Å². The molecule has 5 heteroatoms. The van der Waals surface area contributed by atoms with Crippen molar-refractivity contribution in [1.82, 2.24) is 14.8 Å². The maximum atomic E-state index is 12.8. The van der Waals surface area contributed by atoms with E-state index in [-0.39, 0.29) is 5.78 Å². The van der Waals surface area contributed by atoms with Crippen molar-refractivity contribution >= 4 is 17.5 Å². The summed E-state index contributed by atoms with van der Waals surface area (Å²) in [7, 11) is 0. The first-order chi connectivity index (χ1) is 13.5. The van der Waals surface area contributed by atoms with Gasteiger partial charge in [-0.1, -0.05) is 48.2 Å². The molecule has 1 saturated carbocycles. The summed E-state index contributed by atoms with van der Waals surface area (Å²) in [6.45, 7) is 6.89. The first-order valence-corrected chi connectivity index (χ1v) is 10.7. The van der Waals surface area contributed by atoms with E-state index in [1.165, 1.54) is 35.7 Å². The average Bonchev–Trinajstić information content (AvgIpc) is 3.45. The maximum absolute atomic E-state index is 12.8. The van der Waals surface area contributed by atoms with Gasteiger partial charge in [0.25, 0.3) is 0 Å². The Hall–Kier alpha value is -2.40. The Bertz CT molecular complexity index is 1010. The van der Waals surface area contributed by atoms with E-state index < -0.39 is 0 Å². The average molecular weight is 392 g/mol. The Kier molecular flexibility index (Phi) is 5.36. The van der Waals surface area contributed by atoms with Crippen molar-refractivity contribution in [3.63, 3.8) is 0 Å². The minimum absolute atomic E-state index is 0.146. The van der Waals surface area contributed by atoms with E-state index in [9.17, 15) is 4.79 Å². The highest BCUT2D eigenvalue weighted by Crippen LogP contribution is 2.40. The predicted molar refractivity (Wildman–Crippen MR) is 113 cm³/mol. The summed E-state index contributed by atoms with van der Waals surface area (Å²) in [6, 6.07) is 14.5. The standard InChI is InChI=1S/C23H25N3OS/c1-15-11-17(3)20(12-16(15)2)21(27)14-28-23-25-24-22(19-9-10-19)26(23)13-18-7-5-4-6-8-18/h4-8,11-12,19H,9-10,13-14H2,1-3H3. The van der Waals surface area contributed by atoms with Crippen LogP contribution in [0.1, 0.15) is 57.2 Å². The van der Waals surface area contributed by atoms with Gasteiger partial charge in [0.15, 0.2) is 10.9 Å². The number of benzene rings is 2. The number of aryl methyl sites for hydroxylation is 3. The quantitative estimate of drug-likeness (QED) is 0.415. The van der Waals surface area contributed by atoms with Crippen molar-refractivity contribution in [1.29, 1.82) is 0 Å². The van der Waals surface area contributed by atoms with Gasteiger partial charge in [-0.25, -0.2) is 0 Å². The molecule has 0 radical (unpaired) electrons. The fraction of sp³-hybridized carbons (Fsp3) is 0.348. The fourth-order valence-corrected chi connectivity index (χ4v) is 4.26. The molecule has 0 saturated heterocycles. The van der Waals surface area contributed by atoms with E-state index in [1.807, 2.05) is 19.1 Å². The number of carbonyl (C=O) groups excluding carboxylic acids is 1. The van der Waals surface area contributed by atoms with Crippen LogP contribution in [0.25, 0.3) is 0 Å². The Labute approximate surface area is 170 Å². The summed E-state index contributed by atoms with van der Waals surface area (Å²) >= 11 is 1.49. The number of aromatic nitrogens is 3. The Morgan fingerprint density at radius 3 is 2.46 bits per heavy atom. The van der Waals surface area contributed by atoms with Gasteiger partial charge >= 0.3 is 0 Å². The molecule has 0 amide bonds. The Morgan fingerprint density at radius 2 is 1.75 bits per heavy atom. The number of ketones is 1. The van der Waals surface area contributed by atoms with Crippen LogP contribution in [0.4, 0.5) is 0 Å². The molecule has 1 aliphatic carbocycles. The van der Waals surface area contributed by atoms with Gasteiger partial charge in [-0.05, 0) is 61.9 Å². The molecule has 1 aliphatic rings. The monoisotopic (exact) mass is 391 g/mol. The van der Waals surface area contributed by atoms with Gasteiger partial charge in [0.05, 0.1) is 12.3 Å². The lowest BCUT2D eigenvalue weighted by molar-refractivity contribution is 0.102. The first-order valence-electron chi connectivity index (χ1n) is 9.74. The molecule has 1 fully saturated rings. The summed E-state index contributed by atoms with van der Waals surface area (Å²) in [5.74, 6) is 2.10. The summed E-state index contributed by atoms with van der Waals surface area (Å²) in [5, 5.41) is 9.70. The number of carbonyl (C=O) groups is 1. The Morgan fingerprint density at radius 1 is 1.04 bits per heavy atom. The molecule has 144 valence electrons. The van der Waals surface area contributed by atoms with Crippen LogP contribution >= 0.6 is 11.8 Å². The smallest absolute Gasteiger partial charge is 0.191 e. The molecule has 0 aliphatic heterocycles. The van der Waals surface area contributed by atoms with Crippen molar-refractivity contribution in [2.24, 2.45) is 0 Å². The van der Waals surface area contributed by atoms with E-state index in [2.05, 4.69) is 58.9 Å². The zero-order chi connectivity index (χ0) is 19.7. The highest BCUT2D eigenvalue weighted by Gasteiger charge is 2.30. The van der Waals surface area contributed by atoms with Crippen molar-refractivity contribution in [3.8, 4) is 0 Å². The molecular weight excluding hydrogens is 366 g/mol. The second-order valence-electron chi connectivity index (χ2n) is 7.65. The molecule has 4 rings (SSSR count). The van der Waals surface area contributed by atoms with E-state index in [0.717, 1.165) is 34.2 Å². The molecule has 1 aromatic heterocycles. The number of hydrogen-bond donors (Lipinski definition) is 0. The van der Waals surface area contributed by atoms with Crippen LogP contribution in [0.5, 0.6) is 0 Å². The van der Waals surface area contributed by atoms with Gasteiger partial charge < -0.3 is 4.57 Å². The van der Waals surface area contributed by atoms with E-state index in [1.54, 1.807) is 0 Å². The fourth-order valence-electron chi connectivity index (χ4n) is 3.43. The van der Waals surface area contributed by atoms with Gasteiger partial charge in [0.1, 0.15) is 5.82 Å². The van der Waals surface area contributed by atoms with Gasteiger partial charge in [-0.15, -0.1) is 10.2 Å². The number of hydrogen-bond acceptors (Lipinski definition) is 4. The zero-order valence-electron chi connectivity index (χ0n) is 16.6. The number of thioether (sulfide) groups is 1. The van der Waals surface area contributed by atoms with Gasteiger partial charge in [-0.2, -0.15) is 0 Å². The summed E-state index contributed by atoms with van der Waals surface area (Å²) in [5.41, 5.74) is 5.45. The van der Waals surface area contributed by atoms with Crippen LogP contribution in [0, 0.1) is 20.8 Å². The molecule has 28 heavy (non-hydrogen) atoms. The SMILES string of the molecule is Cc1cc(C)c(C(=O)CSc2nnc(C3CC3)n2Cc2ccccc2)cc1C. The third kappa shape index (κ3) is 4.04. The van der Waals surface area contributed by atoms with E-state index >= 15 is 0 Å². The molecule has 0 atom stereocenters. The van der Waals surface area contributed by atoms with Crippen molar-refractivity contribution in [3.05, 3.63) is 76.1 Å². The second-order valence-corrected chi connectivity index (χ2v) is 8.59. The molecule has 1 heterocycles. The molecular formula is C23H25N3OS. The zero-order valence-corrected chi connectivity index (χ0v) is 17.4. The van der Waals surface area contributed by atoms with Crippen LogP contribution in [0.3, 0.4) is 0 Å². The lowest BCUT2D eigenvalue weighted by atomic mass is 9.99. The van der Waals surface area contributed by atoms with Gasteiger partial charge in [-0.3, -0.25) is 4.79 Å². The lowest BCUT2D eigenvalue weighted by Gasteiger charge is -2.11. The normalized spacial score (nSPS) is 13.7. The summed E-state index contributed by atoms with van der Waals surface area (Å²) in [4.78, 5) is 12.8.